The van der Waals surface area contributed by atoms with Crippen molar-refractivity contribution in [3.05, 3.63) is 28.4 Å². The molecule has 0 atom stereocenters. The first kappa shape index (κ1) is 11.8. The molecular weight excluding hydrogens is 240 g/mol. The standard InChI is InChI=1S/C12H13ClN2O2/c1-6-4-8(13)5-9(11(6)16-3)12-10(14)7(2)15-17-12/h4-5H,14H2,1-3H3. The number of nitrogens with zero attached hydrogens (tertiary/aromatic N) is 1. The third kappa shape index (κ3) is 1.96. The van der Waals surface area contributed by atoms with Gasteiger partial charge in [0.25, 0.3) is 0 Å². The molecule has 0 amide bonds. The van der Waals surface area contributed by atoms with Crippen LogP contribution < -0.4 is 10.5 Å². The monoisotopic (exact) mass is 252 g/mol. The zero-order valence-electron chi connectivity index (χ0n) is 9.87. The smallest absolute Gasteiger partial charge is 0.193 e. The Bertz CT molecular complexity index is 564. The van der Waals surface area contributed by atoms with E-state index in [9.17, 15) is 0 Å². The number of benzene rings is 1. The van der Waals surface area contributed by atoms with Gasteiger partial charge in [-0.25, -0.2) is 0 Å². The molecule has 1 aromatic heterocycles. The van der Waals surface area contributed by atoms with Gasteiger partial charge in [0.2, 0.25) is 0 Å². The van der Waals surface area contributed by atoms with Crippen LogP contribution in [0.5, 0.6) is 5.75 Å². The Morgan fingerprint density at radius 2 is 2.06 bits per heavy atom. The minimum atomic E-state index is 0.491. The van der Waals surface area contributed by atoms with Crippen molar-refractivity contribution in [3.63, 3.8) is 0 Å². The maximum atomic E-state index is 6.03. The first-order chi connectivity index (χ1) is 8.04. The van der Waals surface area contributed by atoms with E-state index in [0.29, 0.717) is 27.9 Å². The molecule has 0 aliphatic carbocycles. The van der Waals surface area contributed by atoms with Crippen LogP contribution in [-0.4, -0.2) is 12.3 Å². The third-order valence-electron chi connectivity index (χ3n) is 2.60. The van der Waals surface area contributed by atoms with E-state index in [4.69, 9.17) is 26.6 Å². The molecule has 2 N–H and O–H groups in total. The second-order valence-corrected chi connectivity index (χ2v) is 4.25. The van der Waals surface area contributed by atoms with E-state index in [0.717, 1.165) is 11.1 Å². The molecule has 1 heterocycles. The number of nitrogens with two attached hydrogens (primary N) is 1. The summed E-state index contributed by atoms with van der Waals surface area (Å²) in [6, 6.07) is 3.58. The van der Waals surface area contributed by atoms with E-state index < -0.39 is 0 Å². The minimum absolute atomic E-state index is 0.491. The van der Waals surface area contributed by atoms with Crippen LogP contribution in [0.1, 0.15) is 11.3 Å². The summed E-state index contributed by atoms with van der Waals surface area (Å²) in [4.78, 5) is 0. The van der Waals surface area contributed by atoms with Gasteiger partial charge in [-0.3, -0.25) is 0 Å². The fourth-order valence-corrected chi connectivity index (χ4v) is 2.01. The molecule has 0 fully saturated rings. The summed E-state index contributed by atoms with van der Waals surface area (Å²) in [6.45, 7) is 3.69. The second kappa shape index (κ2) is 4.30. The Morgan fingerprint density at radius 1 is 1.35 bits per heavy atom. The third-order valence-corrected chi connectivity index (χ3v) is 2.81. The van der Waals surface area contributed by atoms with Crippen LogP contribution in [0.15, 0.2) is 16.7 Å². The minimum Gasteiger partial charge on any atom is -0.496 e. The summed E-state index contributed by atoms with van der Waals surface area (Å²) >= 11 is 6.03. The predicted molar refractivity (Wildman–Crippen MR) is 67.4 cm³/mol. The molecule has 2 rings (SSSR count). The summed E-state index contributed by atoms with van der Waals surface area (Å²) in [7, 11) is 1.60. The van der Waals surface area contributed by atoms with Crippen molar-refractivity contribution < 1.29 is 9.26 Å². The topological polar surface area (TPSA) is 61.3 Å². The lowest BCUT2D eigenvalue weighted by Crippen LogP contribution is -1.94. The number of rotatable bonds is 2. The SMILES string of the molecule is COc1c(C)cc(Cl)cc1-c1onc(C)c1N. The number of halogens is 1. The Labute approximate surface area is 104 Å². The summed E-state index contributed by atoms with van der Waals surface area (Å²) in [6.07, 6.45) is 0. The fraction of sp³-hybridized carbons (Fsp3) is 0.250. The highest BCUT2D eigenvalue weighted by atomic mass is 35.5. The van der Waals surface area contributed by atoms with Crippen LogP contribution in [0.4, 0.5) is 5.69 Å². The Hall–Kier alpha value is -1.68. The van der Waals surface area contributed by atoms with Crippen molar-refractivity contribution in [2.45, 2.75) is 13.8 Å². The maximum absolute atomic E-state index is 6.03. The van der Waals surface area contributed by atoms with Gasteiger partial charge in [0, 0.05) is 5.02 Å². The number of methoxy groups -OCH3 is 1. The van der Waals surface area contributed by atoms with Gasteiger partial charge in [0.1, 0.15) is 17.1 Å². The van der Waals surface area contributed by atoms with Crippen LogP contribution in [-0.2, 0) is 0 Å². The lowest BCUT2D eigenvalue weighted by molar-refractivity contribution is 0.402. The molecule has 0 saturated carbocycles. The van der Waals surface area contributed by atoms with Crippen LogP contribution in [0.3, 0.4) is 0 Å². The molecule has 0 aliphatic heterocycles. The van der Waals surface area contributed by atoms with Gasteiger partial charge in [0.15, 0.2) is 5.76 Å². The van der Waals surface area contributed by atoms with Gasteiger partial charge in [-0.05, 0) is 31.5 Å². The number of nitrogen functional groups attached to an aromatic ring is 1. The highest BCUT2D eigenvalue weighted by Gasteiger charge is 2.18. The zero-order chi connectivity index (χ0) is 12.6. The largest absolute Gasteiger partial charge is 0.496 e. The van der Waals surface area contributed by atoms with Crippen molar-refractivity contribution >= 4 is 17.3 Å². The molecule has 1 aromatic carbocycles. The quantitative estimate of drug-likeness (QED) is 0.892. The molecule has 0 aliphatic rings. The number of hydrogen-bond donors (Lipinski definition) is 1. The lowest BCUT2D eigenvalue weighted by Gasteiger charge is -2.10. The van der Waals surface area contributed by atoms with E-state index in [1.165, 1.54) is 0 Å². The maximum Gasteiger partial charge on any atom is 0.193 e. The first-order valence-electron chi connectivity index (χ1n) is 5.11. The van der Waals surface area contributed by atoms with Crippen molar-refractivity contribution in [1.82, 2.24) is 5.16 Å². The molecule has 5 heteroatoms. The molecule has 90 valence electrons. The summed E-state index contributed by atoms with van der Waals surface area (Å²) in [5, 5.41) is 4.43. The number of ether oxygens (including phenoxy) is 1. The molecule has 0 saturated heterocycles. The summed E-state index contributed by atoms with van der Waals surface area (Å²) < 4.78 is 10.6. The van der Waals surface area contributed by atoms with Crippen molar-refractivity contribution in [3.8, 4) is 17.1 Å². The van der Waals surface area contributed by atoms with Gasteiger partial charge in [-0.2, -0.15) is 0 Å². The van der Waals surface area contributed by atoms with Crippen molar-refractivity contribution in [2.75, 3.05) is 12.8 Å². The predicted octanol–water partition coefficient (Wildman–Crippen LogP) is 3.20. The number of aryl methyl sites for hydroxylation is 2. The molecule has 0 bridgehead atoms. The molecule has 0 unspecified atom stereocenters. The van der Waals surface area contributed by atoms with Gasteiger partial charge in [-0.1, -0.05) is 16.8 Å². The number of aromatic nitrogens is 1. The van der Waals surface area contributed by atoms with E-state index in [2.05, 4.69) is 5.16 Å². The van der Waals surface area contributed by atoms with E-state index >= 15 is 0 Å². The van der Waals surface area contributed by atoms with Crippen LogP contribution in [0.25, 0.3) is 11.3 Å². The Balaban J connectivity index is 2.70. The van der Waals surface area contributed by atoms with Crippen molar-refractivity contribution in [2.24, 2.45) is 0 Å². The summed E-state index contributed by atoms with van der Waals surface area (Å²) in [5.41, 5.74) is 8.70. The van der Waals surface area contributed by atoms with Gasteiger partial charge >= 0.3 is 0 Å². The van der Waals surface area contributed by atoms with E-state index in [-0.39, 0.29) is 0 Å². The lowest BCUT2D eigenvalue weighted by atomic mass is 10.1. The molecular formula is C12H13ClN2O2. The van der Waals surface area contributed by atoms with E-state index in [1.54, 1.807) is 20.1 Å². The molecule has 17 heavy (non-hydrogen) atoms. The average Bonchev–Trinajstić information content (AvgIpc) is 2.59. The molecule has 0 radical (unpaired) electrons. The molecule has 4 nitrogen and oxygen atoms in total. The van der Waals surface area contributed by atoms with Gasteiger partial charge in [-0.15, -0.1) is 0 Å². The van der Waals surface area contributed by atoms with Crippen molar-refractivity contribution in [1.29, 1.82) is 0 Å². The molecule has 0 spiro atoms. The normalized spacial score (nSPS) is 10.6. The van der Waals surface area contributed by atoms with Crippen LogP contribution >= 0.6 is 11.6 Å². The van der Waals surface area contributed by atoms with Crippen LogP contribution in [0, 0.1) is 13.8 Å². The number of hydrogen-bond acceptors (Lipinski definition) is 4. The fourth-order valence-electron chi connectivity index (χ4n) is 1.74. The summed E-state index contributed by atoms with van der Waals surface area (Å²) in [5.74, 6) is 1.18. The van der Waals surface area contributed by atoms with Gasteiger partial charge in [0.05, 0.1) is 12.7 Å². The zero-order valence-corrected chi connectivity index (χ0v) is 10.6. The van der Waals surface area contributed by atoms with Crippen LogP contribution in [0.2, 0.25) is 5.02 Å². The number of anilines is 1. The average molecular weight is 253 g/mol. The highest BCUT2D eigenvalue weighted by Crippen LogP contribution is 2.39. The van der Waals surface area contributed by atoms with E-state index in [1.807, 2.05) is 13.0 Å². The Morgan fingerprint density at radius 3 is 2.59 bits per heavy atom. The second-order valence-electron chi connectivity index (χ2n) is 3.81. The van der Waals surface area contributed by atoms with Gasteiger partial charge < -0.3 is 15.0 Å². The first-order valence-corrected chi connectivity index (χ1v) is 5.48. The highest BCUT2D eigenvalue weighted by molar-refractivity contribution is 6.31. The molecule has 2 aromatic rings. The Kier molecular flexibility index (Phi) is 2.98.